The van der Waals surface area contributed by atoms with Gasteiger partial charge in [0.25, 0.3) is 0 Å². The molecule has 58 heavy (non-hydrogen) atoms. The molecule has 1 aliphatic heterocycles. The molecule has 0 amide bonds. The number of rotatable bonds is 29. The van der Waals surface area contributed by atoms with Crippen LogP contribution in [0.3, 0.4) is 0 Å². The van der Waals surface area contributed by atoms with Crippen molar-refractivity contribution in [2.45, 2.75) is 159 Å². The van der Waals surface area contributed by atoms with E-state index in [-0.39, 0.29) is 25.6 Å². The quantitative estimate of drug-likeness (QED) is 0.0394. The Balaban J connectivity index is 1.05. The fourth-order valence-electron chi connectivity index (χ4n) is 7.91. The molecule has 2 unspecified atom stereocenters. The van der Waals surface area contributed by atoms with Crippen molar-refractivity contribution in [1.82, 2.24) is 14.6 Å². The average molecular weight is 830 g/mol. The molecule has 15 nitrogen and oxygen atoms in total. The summed E-state index contributed by atoms with van der Waals surface area (Å²) in [6.07, 6.45) is 16.9. The van der Waals surface area contributed by atoms with Gasteiger partial charge in [0.15, 0.2) is 11.4 Å². The molecule has 322 valence electrons. The van der Waals surface area contributed by atoms with Crippen LogP contribution in [0.1, 0.15) is 140 Å². The number of aliphatic hydroxyl groups is 2. The van der Waals surface area contributed by atoms with E-state index in [1.807, 2.05) is 0 Å². The number of ether oxygens (including phenoxy) is 4. The first-order valence-electron chi connectivity index (χ1n) is 21.1. The Bertz CT molecular complexity index is 1820. The lowest BCUT2D eigenvalue weighted by atomic mass is 10.0. The average Bonchev–Trinajstić information content (AvgIpc) is 3.47. The third-order valence-corrected chi connectivity index (χ3v) is 12.5. The van der Waals surface area contributed by atoms with Crippen LogP contribution in [0.2, 0.25) is 0 Å². The lowest BCUT2D eigenvalue weighted by Gasteiger charge is -2.24. The van der Waals surface area contributed by atoms with Gasteiger partial charge in [0.05, 0.1) is 44.3 Å². The smallest absolute Gasteiger partial charge is 0.472 e. The highest BCUT2D eigenvalue weighted by molar-refractivity contribution is 7.47. The number of aliphatic hydroxyl groups excluding tert-OH is 1. The first-order valence-corrected chi connectivity index (χ1v) is 22.6. The van der Waals surface area contributed by atoms with Gasteiger partial charge >= 0.3 is 7.82 Å². The summed E-state index contributed by atoms with van der Waals surface area (Å²) in [7, 11) is -3.32. The van der Waals surface area contributed by atoms with Gasteiger partial charge in [0, 0.05) is 12.2 Å². The molecule has 2 aromatic heterocycles. The summed E-state index contributed by atoms with van der Waals surface area (Å²) in [5.74, 6) is 0.694. The third kappa shape index (κ3) is 11.6. The summed E-state index contributed by atoms with van der Waals surface area (Å²) in [5.41, 5.74) is 4.41. The Labute approximate surface area is 342 Å². The van der Waals surface area contributed by atoms with Crippen LogP contribution in [0.15, 0.2) is 36.7 Å². The number of nitrogens with zero attached hydrogens (tertiary/aromatic N) is 4. The van der Waals surface area contributed by atoms with Crippen molar-refractivity contribution >= 4 is 19.2 Å². The third-order valence-electron chi connectivity index (χ3n) is 11.5. The maximum absolute atomic E-state index is 13.3. The highest BCUT2D eigenvalue weighted by atomic mass is 31.2. The van der Waals surface area contributed by atoms with E-state index in [1.165, 1.54) is 108 Å². The molecule has 1 saturated carbocycles. The first kappa shape index (κ1) is 45.9. The van der Waals surface area contributed by atoms with Crippen molar-refractivity contribution in [3.8, 4) is 11.8 Å². The van der Waals surface area contributed by atoms with Crippen LogP contribution in [0, 0.1) is 11.3 Å². The zero-order valence-electron chi connectivity index (χ0n) is 34.4. The number of fused-ring (bicyclic) bond motifs is 2. The standard InChI is InChI=1S/C42H64N5O10P/c1-4-5-6-7-8-9-10-11-12-13-14-15-16-17-18-19-24-53-28-33(54-27-32-21-20-31(26-43)25-36(32)52-3)29-55-58(50,51)57-40-41(2)42(40,49)38(48)37(56-41)34-22-23-35-39(44)45-30-46-47(34)35/h20-23,25,30,33,37-38,40,48-49H,4-19,24,27-29H2,1-3H3,(H,50,51)(H2,44,45,46)/t33-,37+,38+,40?,41-,42-/m1/s1. The molecule has 2 fully saturated rings. The number of nitriles is 1. The van der Waals surface area contributed by atoms with E-state index < -0.39 is 43.4 Å². The number of hydrogen-bond donors (Lipinski definition) is 4. The Morgan fingerprint density at radius 3 is 2.21 bits per heavy atom. The maximum atomic E-state index is 13.3. The second-order valence-corrected chi connectivity index (χ2v) is 17.2. The van der Waals surface area contributed by atoms with Crippen LogP contribution in [0.25, 0.3) is 5.52 Å². The SMILES string of the molecule is CCCCCCCCCCCCCCCCCCOC[C@H](COP(=O)(O)OC1[C@@]2(C)O[C@@H](c3ccc4c(N)ncnn34)[C@H](O)[C@@]12O)OCc1ccc(C#N)cc1OC. The molecule has 1 saturated heterocycles. The van der Waals surface area contributed by atoms with Gasteiger partial charge in [0.2, 0.25) is 0 Å². The summed E-state index contributed by atoms with van der Waals surface area (Å²) in [4.78, 5) is 14.8. The molecule has 0 radical (unpaired) electrons. The van der Waals surface area contributed by atoms with Crippen LogP contribution in [0.5, 0.6) is 5.75 Å². The summed E-state index contributed by atoms with van der Waals surface area (Å²) in [5, 5.41) is 36.2. The number of hydrogen-bond acceptors (Lipinski definition) is 13. The molecular formula is C42H64N5O10P. The molecule has 5 N–H and O–H groups in total. The van der Waals surface area contributed by atoms with Gasteiger partial charge in [-0.05, 0) is 37.6 Å². The van der Waals surface area contributed by atoms with Crippen LogP contribution in [0.4, 0.5) is 5.82 Å². The predicted octanol–water partition coefficient (Wildman–Crippen LogP) is 7.49. The van der Waals surface area contributed by atoms with Gasteiger partial charge in [-0.2, -0.15) is 10.4 Å². The number of aromatic nitrogens is 3. The van der Waals surface area contributed by atoms with E-state index >= 15 is 0 Å². The minimum atomic E-state index is -4.82. The molecular weight excluding hydrogens is 765 g/mol. The Hall–Kier alpha value is -3.16. The van der Waals surface area contributed by atoms with Gasteiger partial charge < -0.3 is 39.8 Å². The van der Waals surface area contributed by atoms with E-state index in [9.17, 15) is 24.9 Å². The monoisotopic (exact) mass is 829 g/mol. The topological polar surface area (TPSA) is 213 Å². The minimum Gasteiger partial charge on any atom is -0.496 e. The van der Waals surface area contributed by atoms with Crippen LogP contribution < -0.4 is 10.5 Å². The number of nitrogens with two attached hydrogens (primary N) is 1. The molecule has 16 heteroatoms. The molecule has 0 spiro atoms. The van der Waals surface area contributed by atoms with Crippen molar-refractivity contribution in [3.63, 3.8) is 0 Å². The van der Waals surface area contributed by atoms with E-state index in [4.69, 9.17) is 33.7 Å². The van der Waals surface area contributed by atoms with Crippen molar-refractivity contribution < 1.29 is 47.7 Å². The predicted molar refractivity (Wildman–Crippen MR) is 218 cm³/mol. The number of phosphoric ester groups is 1. The lowest BCUT2D eigenvalue weighted by molar-refractivity contribution is -0.0837. The normalized spacial score (nSPS) is 24.1. The first-order chi connectivity index (χ1) is 28.0. The number of benzene rings is 1. The van der Waals surface area contributed by atoms with E-state index in [0.717, 1.165) is 19.3 Å². The number of methoxy groups -OCH3 is 1. The Morgan fingerprint density at radius 2 is 1.62 bits per heavy atom. The molecule has 2 aliphatic rings. The minimum absolute atomic E-state index is 0.0504. The summed E-state index contributed by atoms with van der Waals surface area (Å²) < 4.78 is 49.1. The second-order valence-electron chi connectivity index (χ2n) is 15.8. The van der Waals surface area contributed by atoms with Gasteiger partial charge in [-0.15, -0.1) is 0 Å². The molecule has 5 rings (SSSR count). The number of unbranched alkanes of at least 4 members (excludes halogenated alkanes) is 15. The second kappa shape index (κ2) is 21.9. The Morgan fingerprint density at radius 1 is 0.983 bits per heavy atom. The van der Waals surface area contributed by atoms with E-state index in [2.05, 4.69) is 23.1 Å². The Kier molecular flexibility index (Phi) is 17.3. The van der Waals surface area contributed by atoms with E-state index in [1.54, 1.807) is 30.3 Å². The largest absolute Gasteiger partial charge is 0.496 e. The summed E-state index contributed by atoms with van der Waals surface area (Å²) >= 11 is 0. The van der Waals surface area contributed by atoms with Gasteiger partial charge in [-0.25, -0.2) is 14.1 Å². The van der Waals surface area contributed by atoms with Gasteiger partial charge in [0.1, 0.15) is 47.6 Å². The fourth-order valence-corrected chi connectivity index (χ4v) is 8.95. The highest BCUT2D eigenvalue weighted by Crippen LogP contribution is 2.68. The summed E-state index contributed by atoms with van der Waals surface area (Å²) in [6.45, 7) is 3.99. The van der Waals surface area contributed by atoms with Crippen molar-refractivity contribution in [2.75, 3.05) is 32.7 Å². The van der Waals surface area contributed by atoms with Crippen LogP contribution >= 0.6 is 7.82 Å². The molecule has 0 bridgehead atoms. The zero-order valence-corrected chi connectivity index (χ0v) is 35.3. The van der Waals surface area contributed by atoms with Crippen molar-refractivity contribution in [3.05, 3.63) is 53.5 Å². The molecule has 3 heterocycles. The molecule has 3 aromatic rings. The number of nitrogen functional groups attached to an aromatic ring is 1. The van der Waals surface area contributed by atoms with Gasteiger partial charge in [-0.3, -0.25) is 9.05 Å². The maximum Gasteiger partial charge on any atom is 0.472 e. The number of anilines is 1. The van der Waals surface area contributed by atoms with Crippen molar-refractivity contribution in [2.24, 2.45) is 0 Å². The molecule has 1 aliphatic carbocycles. The fraction of sp³-hybridized carbons (Fsp3) is 0.690. The van der Waals surface area contributed by atoms with E-state index in [0.29, 0.717) is 34.7 Å². The highest BCUT2D eigenvalue weighted by Gasteiger charge is 2.87. The van der Waals surface area contributed by atoms with Gasteiger partial charge in [-0.1, -0.05) is 109 Å². The van der Waals surface area contributed by atoms with Crippen molar-refractivity contribution in [1.29, 1.82) is 5.26 Å². The number of phosphoric acid groups is 1. The van der Waals surface area contributed by atoms with Crippen LogP contribution in [-0.2, 0) is 34.4 Å². The lowest BCUT2D eigenvalue weighted by Crippen LogP contribution is -2.35. The zero-order chi connectivity index (χ0) is 41.6. The molecule has 7 atom stereocenters. The van der Waals surface area contributed by atoms with Crippen LogP contribution in [-0.4, -0.2) is 86.1 Å². The summed E-state index contributed by atoms with van der Waals surface area (Å²) in [6, 6.07) is 10.4. The molecule has 1 aromatic carbocycles.